The summed E-state index contributed by atoms with van der Waals surface area (Å²) < 4.78 is 5.42. The van der Waals surface area contributed by atoms with Gasteiger partial charge in [-0.1, -0.05) is 41.6 Å². The van der Waals surface area contributed by atoms with E-state index in [1.165, 1.54) is 11.8 Å². The largest absolute Gasteiger partial charge is 0.423 e. The minimum absolute atomic E-state index is 0.0881. The smallest absolute Gasteiger partial charge is 0.343 e. The summed E-state index contributed by atoms with van der Waals surface area (Å²) in [4.78, 5) is 31.3. The predicted molar refractivity (Wildman–Crippen MR) is 103 cm³/mol. The van der Waals surface area contributed by atoms with Crippen LogP contribution in [0.25, 0.3) is 11.3 Å². The number of thioether (sulfide) groups is 1. The number of aromatic amines is 1. The van der Waals surface area contributed by atoms with Crippen molar-refractivity contribution in [3.63, 3.8) is 0 Å². The number of H-pyrrole nitrogens is 1. The van der Waals surface area contributed by atoms with Crippen LogP contribution in [-0.2, 0) is 0 Å². The van der Waals surface area contributed by atoms with E-state index in [2.05, 4.69) is 9.97 Å². The van der Waals surface area contributed by atoms with Gasteiger partial charge < -0.3 is 9.72 Å². The maximum absolute atomic E-state index is 12.3. The van der Waals surface area contributed by atoms with Crippen molar-refractivity contribution in [1.29, 1.82) is 5.26 Å². The van der Waals surface area contributed by atoms with Crippen LogP contribution in [0.3, 0.4) is 0 Å². The third-order valence-electron chi connectivity index (χ3n) is 3.81. The zero-order valence-corrected chi connectivity index (χ0v) is 15.5. The molecule has 7 heteroatoms. The third kappa shape index (κ3) is 4.07. The second-order valence-electron chi connectivity index (χ2n) is 5.69. The predicted octanol–water partition coefficient (Wildman–Crippen LogP) is 3.56. The Kier molecular flexibility index (Phi) is 5.38. The van der Waals surface area contributed by atoms with E-state index in [0.29, 0.717) is 22.0 Å². The second-order valence-corrected chi connectivity index (χ2v) is 6.49. The molecular formula is C20H15N3O3S. The van der Waals surface area contributed by atoms with Gasteiger partial charge in [0.25, 0.3) is 5.56 Å². The molecule has 0 saturated carbocycles. The highest BCUT2D eigenvalue weighted by Gasteiger charge is 2.15. The normalized spacial score (nSPS) is 10.3. The lowest BCUT2D eigenvalue weighted by Gasteiger charge is -2.08. The van der Waals surface area contributed by atoms with E-state index in [0.717, 1.165) is 5.56 Å². The van der Waals surface area contributed by atoms with Crippen LogP contribution >= 0.6 is 11.8 Å². The van der Waals surface area contributed by atoms with Crippen LogP contribution in [0.5, 0.6) is 5.75 Å². The number of carbonyl (C=O) groups excluding carboxylic acids is 1. The number of ether oxygens (including phenoxy) is 1. The van der Waals surface area contributed by atoms with E-state index in [1.807, 2.05) is 25.1 Å². The van der Waals surface area contributed by atoms with E-state index in [4.69, 9.17) is 4.74 Å². The summed E-state index contributed by atoms with van der Waals surface area (Å²) in [6, 6.07) is 15.5. The fourth-order valence-electron chi connectivity index (χ4n) is 2.42. The van der Waals surface area contributed by atoms with Gasteiger partial charge in [-0.25, -0.2) is 9.78 Å². The number of hydrogen-bond acceptors (Lipinski definition) is 6. The van der Waals surface area contributed by atoms with Crippen molar-refractivity contribution >= 4 is 17.7 Å². The van der Waals surface area contributed by atoms with Crippen molar-refractivity contribution in [3.05, 3.63) is 75.6 Å². The van der Waals surface area contributed by atoms with Crippen molar-refractivity contribution in [3.8, 4) is 23.1 Å². The SMILES string of the molecule is CSc1nc(-c2cccc(OC(=O)c3ccc(C)cc3)c2)c(C#N)c(=O)[nH]1. The minimum atomic E-state index is -0.506. The molecule has 134 valence electrons. The first-order chi connectivity index (χ1) is 13.0. The molecule has 1 aromatic heterocycles. The molecule has 0 aliphatic rings. The topological polar surface area (TPSA) is 95.8 Å². The Morgan fingerprint density at radius 3 is 2.63 bits per heavy atom. The number of benzene rings is 2. The Labute approximate surface area is 159 Å². The lowest BCUT2D eigenvalue weighted by atomic mass is 10.1. The third-order valence-corrected chi connectivity index (χ3v) is 4.39. The highest BCUT2D eigenvalue weighted by Crippen LogP contribution is 2.25. The van der Waals surface area contributed by atoms with Crippen LogP contribution in [0.4, 0.5) is 0 Å². The molecule has 27 heavy (non-hydrogen) atoms. The molecule has 1 N–H and O–H groups in total. The van der Waals surface area contributed by atoms with Crippen molar-refractivity contribution in [1.82, 2.24) is 9.97 Å². The van der Waals surface area contributed by atoms with Crippen LogP contribution in [0.2, 0.25) is 0 Å². The van der Waals surface area contributed by atoms with Gasteiger partial charge in [0, 0.05) is 5.56 Å². The van der Waals surface area contributed by atoms with Gasteiger partial charge in [0.15, 0.2) is 5.16 Å². The summed E-state index contributed by atoms with van der Waals surface area (Å²) in [5.41, 5.74) is 1.65. The van der Waals surface area contributed by atoms with Crippen molar-refractivity contribution in [2.24, 2.45) is 0 Å². The molecule has 6 nitrogen and oxygen atoms in total. The average molecular weight is 377 g/mol. The van der Waals surface area contributed by atoms with Gasteiger partial charge in [0.1, 0.15) is 17.4 Å². The molecule has 0 saturated heterocycles. The Morgan fingerprint density at radius 2 is 1.96 bits per heavy atom. The molecule has 0 fully saturated rings. The number of aromatic nitrogens is 2. The number of hydrogen-bond donors (Lipinski definition) is 1. The first-order valence-corrected chi connectivity index (χ1v) is 9.22. The zero-order chi connectivity index (χ0) is 19.4. The van der Waals surface area contributed by atoms with E-state index in [9.17, 15) is 14.9 Å². The highest BCUT2D eigenvalue weighted by atomic mass is 32.2. The van der Waals surface area contributed by atoms with Gasteiger partial charge in [-0.05, 0) is 37.4 Å². The second kappa shape index (κ2) is 7.89. The van der Waals surface area contributed by atoms with Crippen LogP contribution in [-0.4, -0.2) is 22.2 Å². The number of rotatable bonds is 4. The molecule has 0 atom stereocenters. The number of aryl methyl sites for hydroxylation is 1. The van der Waals surface area contributed by atoms with Crippen LogP contribution in [0.15, 0.2) is 58.5 Å². The summed E-state index contributed by atoms with van der Waals surface area (Å²) in [6.07, 6.45) is 1.77. The number of nitrogens with one attached hydrogen (secondary N) is 1. The van der Waals surface area contributed by atoms with Gasteiger partial charge in [0.2, 0.25) is 0 Å². The molecule has 0 radical (unpaired) electrons. The van der Waals surface area contributed by atoms with Crippen molar-refractivity contribution < 1.29 is 9.53 Å². The molecular weight excluding hydrogens is 362 g/mol. The molecule has 3 rings (SSSR count). The lowest BCUT2D eigenvalue weighted by molar-refractivity contribution is 0.0735. The summed E-state index contributed by atoms with van der Waals surface area (Å²) in [5.74, 6) is -0.189. The van der Waals surface area contributed by atoms with Gasteiger partial charge >= 0.3 is 5.97 Å². The quantitative estimate of drug-likeness (QED) is 0.323. The molecule has 1 heterocycles. The first kappa shape index (κ1) is 18.4. The van der Waals surface area contributed by atoms with E-state index >= 15 is 0 Å². The lowest BCUT2D eigenvalue weighted by Crippen LogP contribution is -2.14. The summed E-state index contributed by atoms with van der Waals surface area (Å²) in [5, 5.41) is 9.71. The van der Waals surface area contributed by atoms with Gasteiger partial charge in [-0.15, -0.1) is 0 Å². The monoisotopic (exact) mass is 377 g/mol. The molecule has 0 amide bonds. The number of esters is 1. The highest BCUT2D eigenvalue weighted by molar-refractivity contribution is 7.98. The fourth-order valence-corrected chi connectivity index (χ4v) is 2.80. The number of nitriles is 1. The zero-order valence-electron chi connectivity index (χ0n) is 14.6. The summed E-state index contributed by atoms with van der Waals surface area (Å²) in [6.45, 7) is 1.93. The molecule has 0 aliphatic carbocycles. The van der Waals surface area contributed by atoms with Crippen LogP contribution in [0, 0.1) is 18.3 Å². The van der Waals surface area contributed by atoms with Crippen molar-refractivity contribution in [2.75, 3.05) is 6.26 Å². The molecule has 3 aromatic rings. The number of nitrogens with zero attached hydrogens (tertiary/aromatic N) is 2. The Hall–Kier alpha value is -3.37. The van der Waals surface area contributed by atoms with Crippen LogP contribution < -0.4 is 10.3 Å². The fraction of sp³-hybridized carbons (Fsp3) is 0.100. The van der Waals surface area contributed by atoms with E-state index < -0.39 is 11.5 Å². The van der Waals surface area contributed by atoms with E-state index in [1.54, 1.807) is 42.7 Å². The Morgan fingerprint density at radius 1 is 1.22 bits per heavy atom. The molecule has 0 spiro atoms. The molecule has 2 aromatic carbocycles. The standard InChI is InChI=1S/C20H15N3O3S/c1-12-6-8-13(9-7-12)19(25)26-15-5-3-4-14(10-15)17-16(11-21)18(24)23-20(22-17)27-2/h3-10H,1-2H3,(H,22,23,24). The van der Waals surface area contributed by atoms with Gasteiger partial charge in [-0.2, -0.15) is 5.26 Å². The molecule has 0 unspecified atom stereocenters. The number of carbonyl (C=O) groups is 1. The average Bonchev–Trinajstić information content (AvgIpc) is 2.68. The van der Waals surface area contributed by atoms with Gasteiger partial charge in [-0.3, -0.25) is 4.79 Å². The summed E-state index contributed by atoms with van der Waals surface area (Å²) >= 11 is 1.26. The maximum Gasteiger partial charge on any atom is 0.343 e. The first-order valence-electron chi connectivity index (χ1n) is 7.99. The summed E-state index contributed by atoms with van der Waals surface area (Å²) in [7, 11) is 0. The maximum atomic E-state index is 12.3. The van der Waals surface area contributed by atoms with Crippen molar-refractivity contribution in [2.45, 2.75) is 12.1 Å². The van der Waals surface area contributed by atoms with Crippen LogP contribution in [0.1, 0.15) is 21.5 Å². The molecule has 0 aliphatic heterocycles. The Bertz CT molecular complexity index is 1100. The van der Waals surface area contributed by atoms with Gasteiger partial charge in [0.05, 0.1) is 11.3 Å². The Balaban J connectivity index is 1.96. The molecule has 0 bridgehead atoms. The van der Waals surface area contributed by atoms with E-state index in [-0.39, 0.29) is 11.3 Å². The minimum Gasteiger partial charge on any atom is -0.423 e.